The van der Waals surface area contributed by atoms with Crippen LogP contribution >= 0.6 is 0 Å². The summed E-state index contributed by atoms with van der Waals surface area (Å²) in [5.41, 5.74) is 0. The lowest BCUT2D eigenvalue weighted by molar-refractivity contribution is 0.317. The largest absolute Gasteiger partial charge is 0.508 e. The fraction of sp³-hybridized carbons (Fsp3) is 0.200. The predicted octanol–water partition coefficient (Wildman–Crippen LogP) is 3.35. The van der Waals surface area contributed by atoms with Gasteiger partial charge >= 0.3 is 0 Å². The Morgan fingerprint density at radius 3 is 2.05 bits per heavy atom. The van der Waals surface area contributed by atoms with Crippen LogP contribution in [0.15, 0.2) is 58.3 Å². The van der Waals surface area contributed by atoms with Crippen LogP contribution < -0.4 is 4.74 Å². The summed E-state index contributed by atoms with van der Waals surface area (Å²) in [6.45, 7) is 2.73. The second-order valence-electron chi connectivity index (χ2n) is 4.08. The smallest absolute Gasteiger partial charge is 0.119 e. The molecule has 1 unspecified atom stereocenters. The van der Waals surface area contributed by atoms with Crippen LogP contribution in [0.3, 0.4) is 0 Å². The van der Waals surface area contributed by atoms with Gasteiger partial charge in [-0.3, -0.25) is 0 Å². The molecule has 0 saturated carbocycles. The van der Waals surface area contributed by atoms with Crippen LogP contribution in [0.1, 0.15) is 13.3 Å². The molecule has 19 heavy (non-hydrogen) atoms. The maximum Gasteiger partial charge on any atom is 0.119 e. The van der Waals surface area contributed by atoms with Crippen LogP contribution in [0.25, 0.3) is 0 Å². The van der Waals surface area contributed by atoms with Crippen molar-refractivity contribution in [2.75, 3.05) is 6.61 Å². The zero-order chi connectivity index (χ0) is 13.7. The first-order chi connectivity index (χ1) is 9.20. The van der Waals surface area contributed by atoms with Gasteiger partial charge in [0.25, 0.3) is 0 Å². The number of rotatable bonds is 5. The minimum atomic E-state index is -1.24. The van der Waals surface area contributed by atoms with Gasteiger partial charge in [-0.05, 0) is 55.0 Å². The molecule has 0 radical (unpaired) electrons. The molecule has 1 N–H and O–H groups in total. The lowest BCUT2D eigenvalue weighted by Crippen LogP contribution is -1.96. The molecule has 0 heterocycles. The van der Waals surface area contributed by atoms with Gasteiger partial charge in [0.1, 0.15) is 11.5 Å². The summed E-state index contributed by atoms with van der Waals surface area (Å²) in [6.07, 6.45) is 0.960. The maximum absolute atomic E-state index is 12.3. The van der Waals surface area contributed by atoms with Crippen LogP contribution in [0.2, 0.25) is 0 Å². The van der Waals surface area contributed by atoms with Crippen molar-refractivity contribution in [1.82, 2.24) is 0 Å². The van der Waals surface area contributed by atoms with E-state index in [9.17, 15) is 9.32 Å². The van der Waals surface area contributed by atoms with E-state index >= 15 is 0 Å². The van der Waals surface area contributed by atoms with Crippen molar-refractivity contribution in [3.05, 3.63) is 48.5 Å². The Morgan fingerprint density at radius 1 is 1.00 bits per heavy atom. The highest BCUT2D eigenvalue weighted by Gasteiger charge is 2.07. The van der Waals surface area contributed by atoms with Gasteiger partial charge in [-0.15, -0.1) is 0 Å². The number of benzene rings is 2. The number of hydrogen-bond acceptors (Lipinski definition) is 3. The molecule has 4 heteroatoms. The summed E-state index contributed by atoms with van der Waals surface area (Å²) >= 11 is 0. The minimum absolute atomic E-state index is 0.170. The van der Waals surface area contributed by atoms with Gasteiger partial charge in [0, 0.05) is 9.79 Å². The van der Waals surface area contributed by atoms with E-state index in [4.69, 9.17) is 4.74 Å². The highest BCUT2D eigenvalue weighted by atomic mass is 32.2. The lowest BCUT2D eigenvalue weighted by atomic mass is 10.3. The number of hydrogen-bond donors (Lipinski definition) is 1. The Balaban J connectivity index is 2.13. The standard InChI is InChI=1S/C15H16O3S/c1-2-11-18-13-5-9-15(10-6-13)19(17)14-7-3-12(16)4-8-14/h3-10,16H,2,11H2,1H3. The maximum atomic E-state index is 12.3. The molecule has 0 aromatic heterocycles. The summed E-state index contributed by atoms with van der Waals surface area (Å²) < 4.78 is 17.8. The topological polar surface area (TPSA) is 46.5 Å². The summed E-state index contributed by atoms with van der Waals surface area (Å²) in [5, 5.41) is 9.21. The quantitative estimate of drug-likeness (QED) is 0.911. The number of aromatic hydroxyl groups is 1. The summed E-state index contributed by atoms with van der Waals surface area (Å²) in [6, 6.07) is 13.6. The van der Waals surface area contributed by atoms with Crippen molar-refractivity contribution in [3.8, 4) is 11.5 Å². The van der Waals surface area contributed by atoms with Crippen molar-refractivity contribution in [2.24, 2.45) is 0 Å². The number of ether oxygens (including phenoxy) is 1. The molecule has 0 aliphatic heterocycles. The first kappa shape index (κ1) is 13.6. The Bertz CT molecular complexity index is 547. The van der Waals surface area contributed by atoms with E-state index in [1.165, 1.54) is 12.1 Å². The van der Waals surface area contributed by atoms with E-state index in [0.717, 1.165) is 17.1 Å². The average molecular weight is 276 g/mol. The van der Waals surface area contributed by atoms with E-state index in [0.29, 0.717) is 11.5 Å². The van der Waals surface area contributed by atoms with Gasteiger partial charge in [0.15, 0.2) is 0 Å². The van der Waals surface area contributed by atoms with Crippen LogP contribution in [0.5, 0.6) is 11.5 Å². The number of phenols is 1. The average Bonchev–Trinajstić information content (AvgIpc) is 2.46. The van der Waals surface area contributed by atoms with Crippen molar-refractivity contribution in [3.63, 3.8) is 0 Å². The molecule has 0 saturated heterocycles. The molecule has 2 rings (SSSR count). The molecule has 2 aromatic rings. The summed E-state index contributed by atoms with van der Waals surface area (Å²) in [4.78, 5) is 1.38. The third-order valence-corrected chi connectivity index (χ3v) is 3.96. The van der Waals surface area contributed by atoms with E-state index in [2.05, 4.69) is 0 Å². The molecule has 0 aliphatic carbocycles. The molecule has 0 spiro atoms. The molecule has 0 aliphatic rings. The molecule has 100 valence electrons. The molecule has 1 atom stereocenters. The van der Waals surface area contributed by atoms with Crippen LogP contribution in [0.4, 0.5) is 0 Å². The van der Waals surface area contributed by atoms with E-state index < -0.39 is 10.8 Å². The van der Waals surface area contributed by atoms with Gasteiger partial charge in [0.05, 0.1) is 17.4 Å². The summed E-state index contributed by atoms with van der Waals surface area (Å²) in [7, 11) is -1.24. The van der Waals surface area contributed by atoms with Crippen molar-refractivity contribution in [1.29, 1.82) is 0 Å². The fourth-order valence-electron chi connectivity index (χ4n) is 1.59. The number of phenolic OH excluding ortho intramolecular Hbond substituents is 1. The minimum Gasteiger partial charge on any atom is -0.508 e. The normalized spacial score (nSPS) is 12.1. The van der Waals surface area contributed by atoms with Gasteiger partial charge in [0.2, 0.25) is 0 Å². The van der Waals surface area contributed by atoms with Crippen molar-refractivity contribution < 1.29 is 14.1 Å². The molecule has 0 bridgehead atoms. The fourth-order valence-corrected chi connectivity index (χ4v) is 2.62. The summed E-state index contributed by atoms with van der Waals surface area (Å²) in [5.74, 6) is 0.956. The van der Waals surface area contributed by atoms with Gasteiger partial charge in [-0.2, -0.15) is 0 Å². The third kappa shape index (κ3) is 3.58. The highest BCUT2D eigenvalue weighted by Crippen LogP contribution is 2.21. The Hall–Kier alpha value is -1.81. The van der Waals surface area contributed by atoms with Crippen LogP contribution in [-0.2, 0) is 10.8 Å². The van der Waals surface area contributed by atoms with Crippen molar-refractivity contribution in [2.45, 2.75) is 23.1 Å². The Morgan fingerprint density at radius 2 is 1.53 bits per heavy atom. The first-order valence-electron chi connectivity index (χ1n) is 6.14. The van der Waals surface area contributed by atoms with E-state index in [1.54, 1.807) is 24.3 Å². The molecule has 0 fully saturated rings. The molecule has 0 amide bonds. The second kappa shape index (κ2) is 6.38. The van der Waals surface area contributed by atoms with Gasteiger partial charge in [-0.25, -0.2) is 4.21 Å². The van der Waals surface area contributed by atoms with Crippen LogP contribution in [0, 0.1) is 0 Å². The SMILES string of the molecule is CCCOc1ccc(S(=O)c2ccc(O)cc2)cc1. The third-order valence-electron chi connectivity index (χ3n) is 2.56. The van der Waals surface area contributed by atoms with Crippen molar-refractivity contribution >= 4 is 10.8 Å². The van der Waals surface area contributed by atoms with Gasteiger partial charge in [-0.1, -0.05) is 6.92 Å². The monoisotopic (exact) mass is 276 g/mol. The first-order valence-corrected chi connectivity index (χ1v) is 7.29. The van der Waals surface area contributed by atoms with E-state index in [1.807, 2.05) is 19.1 Å². The second-order valence-corrected chi connectivity index (χ2v) is 5.56. The molecular weight excluding hydrogens is 260 g/mol. The Labute approximate surface area is 115 Å². The molecule has 2 aromatic carbocycles. The zero-order valence-electron chi connectivity index (χ0n) is 10.7. The molecular formula is C15H16O3S. The Kier molecular flexibility index (Phi) is 4.58. The zero-order valence-corrected chi connectivity index (χ0v) is 11.5. The highest BCUT2D eigenvalue weighted by molar-refractivity contribution is 7.85. The van der Waals surface area contributed by atoms with Crippen LogP contribution in [-0.4, -0.2) is 15.9 Å². The van der Waals surface area contributed by atoms with E-state index in [-0.39, 0.29) is 5.75 Å². The van der Waals surface area contributed by atoms with Gasteiger partial charge < -0.3 is 9.84 Å². The molecule has 3 nitrogen and oxygen atoms in total. The lowest BCUT2D eigenvalue weighted by Gasteiger charge is -2.06. The predicted molar refractivity (Wildman–Crippen MR) is 75.0 cm³/mol.